The molecule has 0 bridgehead atoms. The average molecular weight is 291 g/mol. The summed E-state index contributed by atoms with van der Waals surface area (Å²) >= 11 is 0. The first-order chi connectivity index (χ1) is 10.1. The van der Waals surface area contributed by atoms with E-state index in [1.807, 2.05) is 6.07 Å². The lowest BCUT2D eigenvalue weighted by molar-refractivity contribution is -0.387. The number of nitrogens with one attached hydrogen (secondary N) is 1. The summed E-state index contributed by atoms with van der Waals surface area (Å²) in [6.45, 7) is 0.955. The van der Waals surface area contributed by atoms with E-state index in [9.17, 15) is 14.5 Å². The molecule has 0 fully saturated rings. The lowest BCUT2D eigenvalue weighted by Gasteiger charge is -2.06. The zero-order valence-electron chi connectivity index (χ0n) is 11.4. The van der Waals surface area contributed by atoms with Gasteiger partial charge in [0, 0.05) is 31.4 Å². The molecule has 1 aromatic heterocycles. The van der Waals surface area contributed by atoms with Crippen molar-refractivity contribution >= 4 is 5.69 Å². The number of nitro groups is 1. The summed E-state index contributed by atoms with van der Waals surface area (Å²) < 4.78 is 18.5. The van der Waals surface area contributed by atoms with Crippen LogP contribution in [0.25, 0.3) is 0 Å². The number of pyridine rings is 1. The molecule has 0 saturated carbocycles. The number of hydrogen-bond acceptors (Lipinski definition) is 5. The van der Waals surface area contributed by atoms with E-state index in [0.29, 0.717) is 24.5 Å². The number of benzene rings is 1. The number of nitrogens with zero attached hydrogens (tertiary/aromatic N) is 2. The van der Waals surface area contributed by atoms with E-state index in [2.05, 4.69) is 10.3 Å². The molecule has 0 aliphatic carbocycles. The molecule has 110 valence electrons. The number of methoxy groups -OCH3 is 1. The number of nitro benzene ring substituents is 1. The highest BCUT2D eigenvalue weighted by Gasteiger charge is 2.13. The molecule has 0 radical (unpaired) electrons. The van der Waals surface area contributed by atoms with Gasteiger partial charge < -0.3 is 10.1 Å². The van der Waals surface area contributed by atoms with Crippen molar-refractivity contribution in [3.8, 4) is 5.88 Å². The maximum Gasteiger partial charge on any atom is 0.304 e. The van der Waals surface area contributed by atoms with Crippen LogP contribution < -0.4 is 10.1 Å². The first-order valence-corrected chi connectivity index (χ1v) is 6.22. The van der Waals surface area contributed by atoms with Crippen LogP contribution in [0.2, 0.25) is 0 Å². The van der Waals surface area contributed by atoms with Crippen molar-refractivity contribution in [1.82, 2.24) is 10.3 Å². The minimum Gasteiger partial charge on any atom is -0.481 e. The van der Waals surface area contributed by atoms with E-state index in [1.165, 1.54) is 12.1 Å². The van der Waals surface area contributed by atoms with Crippen LogP contribution in [-0.2, 0) is 13.1 Å². The number of rotatable bonds is 6. The molecule has 0 unspecified atom stereocenters. The second-order valence-electron chi connectivity index (χ2n) is 4.35. The summed E-state index contributed by atoms with van der Waals surface area (Å²) in [4.78, 5) is 13.8. The van der Waals surface area contributed by atoms with Crippen LogP contribution in [0, 0.1) is 15.9 Å². The fourth-order valence-electron chi connectivity index (χ4n) is 1.83. The molecular formula is C14H14FN3O3. The van der Waals surface area contributed by atoms with Gasteiger partial charge in [-0.2, -0.15) is 4.39 Å². The summed E-state index contributed by atoms with van der Waals surface area (Å²) in [7, 11) is 1.54. The molecule has 0 spiro atoms. The van der Waals surface area contributed by atoms with Crippen molar-refractivity contribution in [3.05, 3.63) is 63.6 Å². The van der Waals surface area contributed by atoms with Crippen molar-refractivity contribution in [1.29, 1.82) is 0 Å². The Kier molecular flexibility index (Phi) is 4.78. The summed E-state index contributed by atoms with van der Waals surface area (Å²) in [5, 5.41) is 13.6. The quantitative estimate of drug-likeness (QED) is 0.653. The molecule has 0 aliphatic rings. The first kappa shape index (κ1) is 14.9. The van der Waals surface area contributed by atoms with Gasteiger partial charge in [0.05, 0.1) is 12.0 Å². The van der Waals surface area contributed by atoms with Crippen molar-refractivity contribution in [3.63, 3.8) is 0 Å². The van der Waals surface area contributed by atoms with Gasteiger partial charge in [0.1, 0.15) is 0 Å². The Morgan fingerprint density at radius 3 is 2.62 bits per heavy atom. The maximum atomic E-state index is 13.5. The predicted octanol–water partition coefficient (Wildman–Crippen LogP) is 2.43. The Balaban J connectivity index is 1.94. The van der Waals surface area contributed by atoms with Crippen molar-refractivity contribution in [2.24, 2.45) is 0 Å². The van der Waals surface area contributed by atoms with E-state index < -0.39 is 16.4 Å². The summed E-state index contributed by atoms with van der Waals surface area (Å²) in [6, 6.07) is 7.50. The van der Waals surface area contributed by atoms with Gasteiger partial charge in [-0.05, 0) is 23.3 Å². The van der Waals surface area contributed by atoms with Gasteiger partial charge in [-0.3, -0.25) is 10.1 Å². The molecule has 7 heteroatoms. The molecule has 2 rings (SSSR count). The molecule has 1 aromatic carbocycles. The smallest absolute Gasteiger partial charge is 0.304 e. The minimum atomic E-state index is -0.829. The monoisotopic (exact) mass is 291 g/mol. The highest BCUT2D eigenvalue weighted by molar-refractivity contribution is 5.35. The Hall–Kier alpha value is -2.54. The number of aromatic nitrogens is 1. The van der Waals surface area contributed by atoms with Gasteiger partial charge in [-0.1, -0.05) is 6.07 Å². The molecule has 0 atom stereocenters. The molecule has 2 aromatic rings. The second kappa shape index (κ2) is 6.76. The van der Waals surface area contributed by atoms with E-state index in [-0.39, 0.29) is 0 Å². The van der Waals surface area contributed by atoms with Gasteiger partial charge >= 0.3 is 5.69 Å². The zero-order valence-corrected chi connectivity index (χ0v) is 11.4. The fourth-order valence-corrected chi connectivity index (χ4v) is 1.83. The van der Waals surface area contributed by atoms with Gasteiger partial charge in [0.2, 0.25) is 11.7 Å². The summed E-state index contributed by atoms with van der Waals surface area (Å²) in [6.07, 6.45) is 1.64. The average Bonchev–Trinajstić information content (AvgIpc) is 2.47. The Morgan fingerprint density at radius 2 is 2.00 bits per heavy atom. The van der Waals surface area contributed by atoms with Gasteiger partial charge in [-0.25, -0.2) is 4.98 Å². The zero-order chi connectivity index (χ0) is 15.2. The van der Waals surface area contributed by atoms with Crippen LogP contribution in [-0.4, -0.2) is 17.0 Å². The summed E-state index contributed by atoms with van der Waals surface area (Å²) in [5.41, 5.74) is 1.10. The second-order valence-corrected chi connectivity index (χ2v) is 4.35. The van der Waals surface area contributed by atoms with Crippen molar-refractivity contribution in [2.45, 2.75) is 13.1 Å². The third-order valence-electron chi connectivity index (χ3n) is 2.88. The number of halogens is 1. The van der Waals surface area contributed by atoms with E-state index >= 15 is 0 Å². The normalized spacial score (nSPS) is 10.4. The standard InChI is InChI=1S/C14H14FN3O3/c1-21-14-7-11(4-5-17-14)9-16-8-10-2-3-13(18(19)20)12(15)6-10/h2-7,16H,8-9H2,1H3. The molecule has 6 nitrogen and oxygen atoms in total. The van der Waals surface area contributed by atoms with Crippen LogP contribution in [0.5, 0.6) is 5.88 Å². The third-order valence-corrected chi connectivity index (χ3v) is 2.88. The molecule has 0 aliphatic heterocycles. The molecular weight excluding hydrogens is 277 g/mol. The Morgan fingerprint density at radius 1 is 1.29 bits per heavy atom. The Bertz CT molecular complexity index is 649. The molecule has 1 N–H and O–H groups in total. The Labute approximate surface area is 120 Å². The SMILES string of the molecule is COc1cc(CNCc2ccc([N+](=O)[O-])c(F)c2)ccn1. The van der Waals surface area contributed by atoms with Crippen molar-refractivity contribution < 1.29 is 14.1 Å². The lowest BCUT2D eigenvalue weighted by Crippen LogP contribution is -2.13. The molecule has 1 heterocycles. The number of ether oxygens (including phenoxy) is 1. The first-order valence-electron chi connectivity index (χ1n) is 6.22. The van der Waals surface area contributed by atoms with Gasteiger partial charge in [0.25, 0.3) is 0 Å². The minimum absolute atomic E-state index is 0.402. The summed E-state index contributed by atoms with van der Waals surface area (Å²) in [5.74, 6) is -0.305. The van der Waals surface area contributed by atoms with Crippen molar-refractivity contribution in [2.75, 3.05) is 7.11 Å². The topological polar surface area (TPSA) is 77.3 Å². The highest BCUT2D eigenvalue weighted by Crippen LogP contribution is 2.18. The van der Waals surface area contributed by atoms with Crippen LogP contribution in [0.15, 0.2) is 36.5 Å². The third kappa shape index (κ3) is 3.96. The van der Waals surface area contributed by atoms with E-state index in [4.69, 9.17) is 4.74 Å². The lowest BCUT2D eigenvalue weighted by atomic mass is 10.2. The predicted molar refractivity (Wildman–Crippen MR) is 74.4 cm³/mol. The highest BCUT2D eigenvalue weighted by atomic mass is 19.1. The van der Waals surface area contributed by atoms with E-state index in [1.54, 1.807) is 19.4 Å². The largest absolute Gasteiger partial charge is 0.481 e. The van der Waals surface area contributed by atoms with E-state index in [0.717, 1.165) is 11.6 Å². The molecule has 0 amide bonds. The maximum absolute atomic E-state index is 13.5. The van der Waals surface area contributed by atoms with Crippen LogP contribution >= 0.6 is 0 Å². The van der Waals surface area contributed by atoms with Crippen LogP contribution in [0.1, 0.15) is 11.1 Å². The number of hydrogen-bond donors (Lipinski definition) is 1. The van der Waals surface area contributed by atoms with Crippen LogP contribution in [0.3, 0.4) is 0 Å². The van der Waals surface area contributed by atoms with Gasteiger partial charge in [0.15, 0.2) is 0 Å². The van der Waals surface area contributed by atoms with Crippen LogP contribution in [0.4, 0.5) is 10.1 Å². The fraction of sp³-hybridized carbons (Fsp3) is 0.214. The molecule has 0 saturated heterocycles. The molecule has 21 heavy (non-hydrogen) atoms. The van der Waals surface area contributed by atoms with Gasteiger partial charge in [-0.15, -0.1) is 0 Å².